The summed E-state index contributed by atoms with van der Waals surface area (Å²) in [6.07, 6.45) is 1.87. The predicted molar refractivity (Wildman–Crippen MR) is 143 cm³/mol. The molecule has 0 bridgehead atoms. The zero-order chi connectivity index (χ0) is 36.3. The molecule has 0 saturated heterocycles. The van der Waals surface area contributed by atoms with Crippen LogP contribution in [0.5, 0.6) is 0 Å². The third-order valence-electron chi connectivity index (χ3n) is 4.79. The molecule has 3 heterocycles. The first-order chi connectivity index (χ1) is 22.9. The first-order valence-corrected chi connectivity index (χ1v) is 10.6. The Morgan fingerprint density at radius 3 is 2.78 bits per heavy atom. The molecule has 1 amide bonds. The highest BCUT2D eigenvalue weighted by atomic mass is 16.1. The van der Waals surface area contributed by atoms with Crippen LogP contribution in [0.3, 0.4) is 0 Å². The van der Waals surface area contributed by atoms with Crippen molar-refractivity contribution < 1.29 is 22.6 Å². The van der Waals surface area contributed by atoms with Crippen molar-refractivity contribution >= 4 is 23.2 Å². The van der Waals surface area contributed by atoms with Crippen molar-refractivity contribution in [2.75, 3.05) is 10.6 Å². The molecule has 7 nitrogen and oxygen atoms in total. The van der Waals surface area contributed by atoms with Crippen LogP contribution in [0.2, 0.25) is 0 Å². The molecule has 2 N–H and O–H groups in total. The van der Waals surface area contributed by atoms with Crippen LogP contribution >= 0.6 is 0 Å². The molecule has 5 aromatic rings. The summed E-state index contributed by atoms with van der Waals surface area (Å²) in [6.45, 7) is -0.162. The summed E-state index contributed by atoms with van der Waals surface area (Å²) in [4.78, 5) is 25.9. The molecule has 5 rings (SSSR count). The molecular formula is C29H26N6O. The van der Waals surface area contributed by atoms with Crippen LogP contribution in [0.1, 0.15) is 44.9 Å². The predicted octanol–water partition coefficient (Wildman–Crippen LogP) is 6.25. The molecule has 0 atom stereocenters. The van der Waals surface area contributed by atoms with Gasteiger partial charge in [0.15, 0.2) is 0 Å². The molecular weight excluding hydrogens is 448 g/mol. The van der Waals surface area contributed by atoms with Gasteiger partial charge in [-0.3, -0.25) is 9.78 Å². The van der Waals surface area contributed by atoms with Crippen LogP contribution in [0.15, 0.2) is 91.4 Å². The topological polar surface area (TPSA) is 84.7 Å². The highest BCUT2D eigenvalue weighted by Gasteiger charge is 2.12. The van der Waals surface area contributed by atoms with Crippen LogP contribution in [0, 0.1) is 20.7 Å². The van der Waals surface area contributed by atoms with E-state index >= 15 is 0 Å². The fraction of sp³-hybridized carbons (Fsp3) is 0.103. The lowest BCUT2D eigenvalue weighted by atomic mass is 10.1. The van der Waals surface area contributed by atoms with E-state index in [2.05, 4.69) is 25.6 Å². The number of benzene rings is 2. The number of hydrogen-bond acceptors (Lipinski definition) is 5. The van der Waals surface area contributed by atoms with Crippen molar-refractivity contribution in [3.8, 4) is 16.9 Å². The molecule has 7 heteroatoms. The monoisotopic (exact) mass is 487 g/mol. The van der Waals surface area contributed by atoms with Gasteiger partial charge in [0.25, 0.3) is 5.91 Å². The van der Waals surface area contributed by atoms with Crippen molar-refractivity contribution in [2.45, 2.75) is 20.7 Å². The number of hydrogen-bond donors (Lipinski definition) is 2. The summed E-state index contributed by atoms with van der Waals surface area (Å²) in [5.41, 5.74) is -2.41. The van der Waals surface area contributed by atoms with E-state index in [-0.39, 0.29) is 41.4 Å². The smallest absolute Gasteiger partial charge is 0.255 e. The number of pyridine rings is 1. The minimum absolute atomic E-state index is 0.0180. The first-order valence-electron chi connectivity index (χ1n) is 17.1. The Balaban J connectivity index is 1.68. The second-order valence-corrected chi connectivity index (χ2v) is 7.58. The zero-order valence-electron chi connectivity index (χ0n) is 32.1. The Kier molecular flexibility index (Phi) is 3.35. The average molecular weight is 488 g/mol. The van der Waals surface area contributed by atoms with Gasteiger partial charge in [-0.05, 0) is 91.8 Å². The number of anilines is 3. The maximum absolute atomic E-state index is 13.8. The second-order valence-electron chi connectivity index (χ2n) is 7.58. The van der Waals surface area contributed by atoms with Gasteiger partial charge in [-0.25, -0.2) is 9.97 Å². The molecule has 2 aromatic carbocycles. The number of carbonyl (C=O) groups is 1. The second kappa shape index (κ2) is 9.84. The molecule has 0 aliphatic heterocycles. The molecule has 178 valence electrons. The van der Waals surface area contributed by atoms with Crippen molar-refractivity contribution in [3.63, 3.8) is 0 Å². The van der Waals surface area contributed by atoms with E-state index in [1.807, 2.05) is 0 Å². The van der Waals surface area contributed by atoms with E-state index in [9.17, 15) is 4.79 Å². The summed E-state index contributed by atoms with van der Waals surface area (Å²) in [6, 6.07) is -0.0912. The fourth-order valence-corrected chi connectivity index (χ4v) is 3.16. The van der Waals surface area contributed by atoms with Gasteiger partial charge in [0.2, 0.25) is 5.95 Å². The SMILES string of the molecule is [2H]c1nc(Nc2c([2H])c(C(=O)Nc3c([2H])c(C)c([2H])c(-n4c([2H])cc(C)c4[2H])c3[2H])c([2H])c([2H])c2C([2H])([2H])[2H])nc(-c2cccnc2)c1[2H]. The molecule has 3 aromatic heterocycles. The lowest BCUT2D eigenvalue weighted by Crippen LogP contribution is -2.13. The standard InChI is InChI=1S/C29H26N6O/c1-19-9-12-35(18-19)25-14-20(2)13-24(16-25)32-28(36)22-7-6-21(3)27(15-22)34-29-31-11-8-26(33-29)23-5-4-10-30-17-23/h4-18H,1-3H3,(H,32,36)(H,31,33,34)/i3D3,6D,7D,8D,11D,12D,13D,14D,15D,16D,18D. The van der Waals surface area contributed by atoms with E-state index in [4.69, 9.17) is 17.8 Å². The summed E-state index contributed by atoms with van der Waals surface area (Å²) in [5.74, 6) is -1.72. The van der Waals surface area contributed by atoms with Crippen molar-refractivity contribution in [1.82, 2.24) is 19.5 Å². The van der Waals surface area contributed by atoms with E-state index in [0.29, 0.717) is 11.1 Å². The van der Waals surface area contributed by atoms with Gasteiger partial charge in [-0.15, -0.1) is 0 Å². The van der Waals surface area contributed by atoms with Gasteiger partial charge >= 0.3 is 0 Å². The highest BCUT2D eigenvalue weighted by Crippen LogP contribution is 2.24. The lowest BCUT2D eigenvalue weighted by Gasteiger charge is -2.13. The maximum Gasteiger partial charge on any atom is 0.255 e. The van der Waals surface area contributed by atoms with Crippen molar-refractivity contribution in [3.05, 3.63) is 114 Å². The van der Waals surface area contributed by atoms with E-state index in [0.717, 1.165) is 4.57 Å². The minimum atomic E-state index is -3.10. The minimum Gasteiger partial charge on any atom is -0.324 e. The van der Waals surface area contributed by atoms with Crippen LogP contribution in [0.4, 0.5) is 17.3 Å². The molecule has 0 spiro atoms. The molecule has 0 aliphatic carbocycles. The zero-order valence-corrected chi connectivity index (χ0v) is 19.1. The number of nitrogens with zero attached hydrogens (tertiary/aromatic N) is 4. The summed E-state index contributed by atoms with van der Waals surface area (Å²) < 4.78 is 110. The van der Waals surface area contributed by atoms with Gasteiger partial charge in [-0.2, -0.15) is 0 Å². The molecule has 0 radical (unpaired) electrons. The van der Waals surface area contributed by atoms with E-state index < -0.39 is 77.6 Å². The Bertz CT molecular complexity index is 2170. The third-order valence-corrected chi connectivity index (χ3v) is 4.79. The third kappa shape index (κ3) is 5.15. The van der Waals surface area contributed by atoms with Gasteiger partial charge in [0, 0.05) is 63.2 Å². The number of rotatable bonds is 6. The Hall–Kier alpha value is -4.78. The number of carbonyl (C=O) groups excluding carboxylic acids is 1. The summed E-state index contributed by atoms with van der Waals surface area (Å²) >= 11 is 0. The molecule has 0 aliphatic rings. The largest absolute Gasteiger partial charge is 0.324 e. The normalized spacial score (nSPS) is 16.2. The first kappa shape index (κ1) is 12.3. The Morgan fingerprint density at radius 1 is 1.08 bits per heavy atom. The Morgan fingerprint density at radius 2 is 2.00 bits per heavy atom. The number of nitrogens with one attached hydrogen (secondary N) is 2. The number of aryl methyl sites for hydroxylation is 1. The summed E-state index contributed by atoms with van der Waals surface area (Å²) in [5, 5.41) is 4.82. The van der Waals surface area contributed by atoms with Crippen molar-refractivity contribution in [2.24, 2.45) is 0 Å². The quantitative estimate of drug-likeness (QED) is 0.296. The Labute approximate surface area is 228 Å². The molecule has 36 heavy (non-hydrogen) atoms. The van der Waals surface area contributed by atoms with Crippen LogP contribution in [-0.4, -0.2) is 25.4 Å². The van der Waals surface area contributed by atoms with Crippen LogP contribution in [-0.2, 0) is 0 Å². The van der Waals surface area contributed by atoms with Gasteiger partial charge < -0.3 is 15.2 Å². The fourth-order valence-electron chi connectivity index (χ4n) is 3.16. The highest BCUT2D eigenvalue weighted by molar-refractivity contribution is 6.05. The summed E-state index contributed by atoms with van der Waals surface area (Å²) in [7, 11) is 0. The molecule has 0 fully saturated rings. The number of aromatic nitrogens is 4. The molecule has 0 unspecified atom stereocenters. The number of amides is 1. The molecule has 0 saturated carbocycles. The lowest BCUT2D eigenvalue weighted by molar-refractivity contribution is 0.102. The van der Waals surface area contributed by atoms with Crippen molar-refractivity contribution in [1.29, 1.82) is 0 Å². The average Bonchev–Trinajstić information content (AvgIpc) is 3.28. The van der Waals surface area contributed by atoms with E-state index in [1.165, 1.54) is 25.4 Å². The van der Waals surface area contributed by atoms with E-state index in [1.54, 1.807) is 19.1 Å². The van der Waals surface area contributed by atoms with Crippen LogP contribution < -0.4 is 10.6 Å². The van der Waals surface area contributed by atoms with Gasteiger partial charge in [0.05, 0.1) is 19.4 Å². The van der Waals surface area contributed by atoms with Gasteiger partial charge in [-0.1, -0.05) is 6.04 Å². The van der Waals surface area contributed by atoms with Gasteiger partial charge in [0.1, 0.15) is 0 Å². The maximum atomic E-state index is 13.8. The van der Waals surface area contributed by atoms with Crippen LogP contribution in [0.25, 0.3) is 16.9 Å².